The summed E-state index contributed by atoms with van der Waals surface area (Å²) in [5.74, 6) is -0.235. The minimum atomic E-state index is -0.851. The Balaban J connectivity index is 2.38. The maximum absolute atomic E-state index is 11.9. The SMILES string of the molecule is COc1ccc(Cl)cc1NCCC(=O)N(C)CCCC(=O)O. The first kappa shape index (κ1) is 18.1. The molecule has 1 amide bonds. The number of nitrogens with zero attached hydrogens (tertiary/aromatic N) is 1. The molecule has 1 aromatic carbocycles. The molecular formula is C15H21ClN2O4. The molecule has 0 saturated carbocycles. The zero-order chi connectivity index (χ0) is 16.5. The van der Waals surface area contributed by atoms with Crippen LogP contribution in [-0.2, 0) is 9.59 Å². The van der Waals surface area contributed by atoms with Crippen molar-refractivity contribution in [2.75, 3.05) is 32.6 Å². The number of anilines is 1. The van der Waals surface area contributed by atoms with E-state index in [1.165, 1.54) is 0 Å². The molecule has 0 fully saturated rings. The van der Waals surface area contributed by atoms with Crippen LogP contribution in [0.25, 0.3) is 0 Å². The molecule has 0 aromatic heterocycles. The Kier molecular flexibility index (Phi) is 7.52. The molecular weight excluding hydrogens is 308 g/mol. The second-order valence-electron chi connectivity index (χ2n) is 4.83. The third kappa shape index (κ3) is 6.22. The number of hydrogen-bond acceptors (Lipinski definition) is 4. The standard InChI is InChI=1S/C15H21ClN2O4/c1-18(9-3-4-15(20)21)14(19)7-8-17-12-10-11(16)5-6-13(12)22-2/h5-6,10,17H,3-4,7-9H2,1-2H3,(H,20,21). The molecule has 0 spiro atoms. The molecule has 1 rings (SSSR count). The predicted octanol–water partition coefficient (Wildman–Crippen LogP) is 2.47. The fourth-order valence-electron chi connectivity index (χ4n) is 1.91. The summed E-state index contributed by atoms with van der Waals surface area (Å²) in [7, 11) is 3.24. The lowest BCUT2D eigenvalue weighted by molar-refractivity contribution is -0.138. The van der Waals surface area contributed by atoms with Crippen molar-refractivity contribution in [3.05, 3.63) is 23.2 Å². The quantitative estimate of drug-likeness (QED) is 0.728. The Bertz CT molecular complexity index is 522. The molecule has 0 aliphatic carbocycles. The number of carboxylic acid groups (broad SMARTS) is 1. The minimum Gasteiger partial charge on any atom is -0.495 e. The molecule has 0 aliphatic heterocycles. The second kappa shape index (κ2) is 9.15. The number of carbonyl (C=O) groups excluding carboxylic acids is 1. The Morgan fingerprint density at radius 2 is 2.09 bits per heavy atom. The van der Waals surface area contributed by atoms with Crippen LogP contribution in [0.5, 0.6) is 5.75 Å². The normalized spacial score (nSPS) is 10.1. The van der Waals surface area contributed by atoms with E-state index >= 15 is 0 Å². The third-order valence-corrected chi connectivity index (χ3v) is 3.36. The molecule has 22 heavy (non-hydrogen) atoms. The number of methoxy groups -OCH3 is 1. The third-order valence-electron chi connectivity index (χ3n) is 3.13. The van der Waals surface area contributed by atoms with E-state index in [4.69, 9.17) is 21.4 Å². The molecule has 0 saturated heterocycles. The van der Waals surface area contributed by atoms with Crippen LogP contribution in [0.3, 0.4) is 0 Å². The second-order valence-corrected chi connectivity index (χ2v) is 5.27. The van der Waals surface area contributed by atoms with Crippen molar-refractivity contribution in [1.82, 2.24) is 4.90 Å². The molecule has 7 heteroatoms. The molecule has 0 atom stereocenters. The van der Waals surface area contributed by atoms with Crippen molar-refractivity contribution in [1.29, 1.82) is 0 Å². The monoisotopic (exact) mass is 328 g/mol. The van der Waals surface area contributed by atoms with E-state index in [9.17, 15) is 9.59 Å². The van der Waals surface area contributed by atoms with Crippen LogP contribution in [0.4, 0.5) is 5.69 Å². The van der Waals surface area contributed by atoms with E-state index < -0.39 is 5.97 Å². The van der Waals surface area contributed by atoms with Crippen LogP contribution in [0.2, 0.25) is 5.02 Å². The van der Waals surface area contributed by atoms with Crippen LogP contribution in [0.15, 0.2) is 18.2 Å². The van der Waals surface area contributed by atoms with E-state index in [1.807, 2.05) is 0 Å². The van der Waals surface area contributed by atoms with Gasteiger partial charge in [0.15, 0.2) is 0 Å². The molecule has 2 N–H and O–H groups in total. The number of benzene rings is 1. The van der Waals surface area contributed by atoms with Gasteiger partial charge >= 0.3 is 5.97 Å². The average molecular weight is 329 g/mol. The molecule has 0 radical (unpaired) electrons. The Morgan fingerprint density at radius 1 is 1.36 bits per heavy atom. The highest BCUT2D eigenvalue weighted by atomic mass is 35.5. The van der Waals surface area contributed by atoms with Gasteiger partial charge in [0, 0.05) is 38.0 Å². The van der Waals surface area contributed by atoms with Crippen LogP contribution >= 0.6 is 11.6 Å². The Labute approximate surface area is 135 Å². The maximum Gasteiger partial charge on any atom is 0.303 e. The molecule has 6 nitrogen and oxygen atoms in total. The number of carbonyl (C=O) groups is 2. The summed E-state index contributed by atoms with van der Waals surface area (Å²) in [6.07, 6.45) is 0.821. The lowest BCUT2D eigenvalue weighted by atomic mass is 10.2. The van der Waals surface area contributed by atoms with Crippen LogP contribution in [0, 0.1) is 0 Å². The van der Waals surface area contributed by atoms with Gasteiger partial charge in [-0.3, -0.25) is 9.59 Å². The number of amides is 1. The summed E-state index contributed by atoms with van der Waals surface area (Å²) in [5.41, 5.74) is 0.733. The summed E-state index contributed by atoms with van der Waals surface area (Å²) < 4.78 is 5.21. The van der Waals surface area contributed by atoms with Gasteiger partial charge in [-0.25, -0.2) is 0 Å². The highest BCUT2D eigenvalue weighted by molar-refractivity contribution is 6.30. The predicted molar refractivity (Wildman–Crippen MR) is 85.6 cm³/mol. The summed E-state index contributed by atoms with van der Waals surface area (Å²) in [4.78, 5) is 23.9. The Morgan fingerprint density at radius 3 is 2.73 bits per heavy atom. The highest BCUT2D eigenvalue weighted by Gasteiger charge is 2.10. The molecule has 0 heterocycles. The van der Waals surface area contributed by atoms with Crippen molar-refractivity contribution in [3.63, 3.8) is 0 Å². The van der Waals surface area contributed by atoms with Gasteiger partial charge in [-0.15, -0.1) is 0 Å². The summed E-state index contributed by atoms with van der Waals surface area (Å²) in [6.45, 7) is 0.879. The molecule has 1 aromatic rings. The summed E-state index contributed by atoms with van der Waals surface area (Å²) in [6, 6.07) is 5.22. The number of ether oxygens (including phenoxy) is 1. The number of halogens is 1. The maximum atomic E-state index is 11.9. The number of carboxylic acids is 1. The van der Waals surface area contributed by atoms with Crippen molar-refractivity contribution < 1.29 is 19.4 Å². The number of rotatable bonds is 9. The smallest absolute Gasteiger partial charge is 0.303 e. The number of nitrogens with one attached hydrogen (secondary N) is 1. The van der Waals surface area contributed by atoms with Gasteiger partial charge in [-0.2, -0.15) is 0 Å². The minimum absolute atomic E-state index is 0.0427. The zero-order valence-corrected chi connectivity index (χ0v) is 13.5. The molecule has 0 unspecified atom stereocenters. The first-order valence-corrected chi connectivity index (χ1v) is 7.35. The summed E-state index contributed by atoms with van der Waals surface area (Å²) in [5, 5.41) is 12.3. The fraction of sp³-hybridized carbons (Fsp3) is 0.467. The van der Waals surface area contributed by atoms with Gasteiger partial charge in [0.25, 0.3) is 0 Å². The number of hydrogen-bond donors (Lipinski definition) is 2. The van der Waals surface area contributed by atoms with Gasteiger partial charge in [0.05, 0.1) is 12.8 Å². The lowest BCUT2D eigenvalue weighted by Gasteiger charge is -2.17. The largest absolute Gasteiger partial charge is 0.495 e. The van der Waals surface area contributed by atoms with Gasteiger partial charge in [-0.05, 0) is 24.6 Å². The van der Waals surface area contributed by atoms with Crippen molar-refractivity contribution in [3.8, 4) is 5.75 Å². The lowest BCUT2D eigenvalue weighted by Crippen LogP contribution is -2.29. The van der Waals surface area contributed by atoms with Crippen molar-refractivity contribution in [2.24, 2.45) is 0 Å². The van der Waals surface area contributed by atoms with Crippen molar-refractivity contribution >= 4 is 29.2 Å². The molecule has 0 aliphatic rings. The molecule has 0 bridgehead atoms. The zero-order valence-electron chi connectivity index (χ0n) is 12.8. The van der Waals surface area contributed by atoms with Crippen LogP contribution in [0.1, 0.15) is 19.3 Å². The highest BCUT2D eigenvalue weighted by Crippen LogP contribution is 2.27. The van der Waals surface area contributed by atoms with E-state index in [0.29, 0.717) is 36.7 Å². The van der Waals surface area contributed by atoms with E-state index in [-0.39, 0.29) is 12.3 Å². The Hall–Kier alpha value is -1.95. The first-order chi connectivity index (χ1) is 10.4. The van der Waals surface area contributed by atoms with Crippen LogP contribution < -0.4 is 10.1 Å². The topological polar surface area (TPSA) is 78.9 Å². The van der Waals surface area contributed by atoms with E-state index in [1.54, 1.807) is 37.3 Å². The molecule has 122 valence electrons. The fourth-order valence-corrected chi connectivity index (χ4v) is 2.08. The van der Waals surface area contributed by atoms with E-state index in [2.05, 4.69) is 5.32 Å². The van der Waals surface area contributed by atoms with Gasteiger partial charge in [0.2, 0.25) is 5.91 Å². The van der Waals surface area contributed by atoms with Gasteiger partial charge in [-0.1, -0.05) is 11.6 Å². The van der Waals surface area contributed by atoms with E-state index in [0.717, 1.165) is 5.69 Å². The average Bonchev–Trinajstić information content (AvgIpc) is 2.46. The van der Waals surface area contributed by atoms with Crippen molar-refractivity contribution in [2.45, 2.75) is 19.3 Å². The van der Waals surface area contributed by atoms with Gasteiger partial charge < -0.3 is 20.1 Å². The van der Waals surface area contributed by atoms with Gasteiger partial charge in [0.1, 0.15) is 5.75 Å². The number of aliphatic carboxylic acids is 1. The van der Waals surface area contributed by atoms with Crippen LogP contribution in [-0.4, -0.2) is 49.1 Å². The summed E-state index contributed by atoms with van der Waals surface area (Å²) >= 11 is 5.93. The first-order valence-electron chi connectivity index (χ1n) is 6.97.